The summed E-state index contributed by atoms with van der Waals surface area (Å²) in [5, 5.41) is 0. The summed E-state index contributed by atoms with van der Waals surface area (Å²) in [6.45, 7) is 5.34. The third-order valence-corrected chi connectivity index (χ3v) is 2.56. The maximum absolute atomic E-state index is 12.0. The van der Waals surface area contributed by atoms with Crippen LogP contribution in [-0.4, -0.2) is 42.5 Å². The largest absolute Gasteiger partial charge is 0.369 e. The second-order valence-corrected chi connectivity index (χ2v) is 3.55. The first-order valence-electron chi connectivity index (χ1n) is 5.00. The van der Waals surface area contributed by atoms with Crippen LogP contribution in [0.4, 0.5) is 0 Å². The van der Waals surface area contributed by atoms with E-state index < -0.39 is 5.60 Å². The van der Waals surface area contributed by atoms with Gasteiger partial charge < -0.3 is 10.5 Å². The summed E-state index contributed by atoms with van der Waals surface area (Å²) in [6, 6.07) is 0. The Labute approximate surface area is 90.6 Å². The van der Waals surface area contributed by atoms with Crippen LogP contribution in [0.3, 0.4) is 0 Å². The molecule has 0 aliphatic carbocycles. The van der Waals surface area contributed by atoms with Crippen LogP contribution in [-0.2, 0) is 14.3 Å². The molecule has 5 heteroatoms. The van der Waals surface area contributed by atoms with Crippen LogP contribution in [0.1, 0.15) is 27.2 Å². The molecule has 0 spiro atoms. The summed E-state index contributed by atoms with van der Waals surface area (Å²) in [5.74, 6) is -0.632. The molecule has 2 N–H and O–H groups in total. The molecule has 0 heterocycles. The lowest BCUT2D eigenvalue weighted by atomic mass is 10.0. The fourth-order valence-corrected chi connectivity index (χ4v) is 1.20. The van der Waals surface area contributed by atoms with Gasteiger partial charge in [-0.25, -0.2) is 0 Å². The van der Waals surface area contributed by atoms with Gasteiger partial charge in [0.25, 0.3) is 5.91 Å². The molecular weight excluding hydrogens is 196 g/mol. The lowest BCUT2D eigenvalue weighted by molar-refractivity contribution is -0.159. The molecule has 0 aromatic carbocycles. The molecule has 0 rings (SSSR count). The van der Waals surface area contributed by atoms with Crippen LogP contribution in [0.15, 0.2) is 0 Å². The lowest BCUT2D eigenvalue weighted by Crippen LogP contribution is -2.51. The number of hydrogen-bond donors (Lipinski definition) is 1. The third-order valence-electron chi connectivity index (χ3n) is 2.56. The molecule has 0 radical (unpaired) electrons. The fourth-order valence-electron chi connectivity index (χ4n) is 1.20. The second-order valence-electron chi connectivity index (χ2n) is 3.55. The molecule has 0 fully saturated rings. The quantitative estimate of drug-likeness (QED) is 0.709. The minimum atomic E-state index is -0.944. The van der Waals surface area contributed by atoms with Crippen molar-refractivity contribution in [2.24, 2.45) is 5.73 Å². The normalized spacial score (nSPS) is 14.5. The average molecular weight is 216 g/mol. The first kappa shape index (κ1) is 14.1. The second kappa shape index (κ2) is 5.82. The van der Waals surface area contributed by atoms with Crippen LogP contribution < -0.4 is 5.73 Å². The smallest absolute Gasteiger partial charge is 0.261 e. The number of hydrogen-bond acceptors (Lipinski definition) is 4. The van der Waals surface area contributed by atoms with Gasteiger partial charge in [0.1, 0.15) is 5.60 Å². The van der Waals surface area contributed by atoms with Crippen LogP contribution in [0.5, 0.6) is 0 Å². The zero-order valence-electron chi connectivity index (χ0n) is 9.87. The van der Waals surface area contributed by atoms with Gasteiger partial charge in [-0.1, -0.05) is 6.92 Å². The molecule has 0 saturated heterocycles. The van der Waals surface area contributed by atoms with Crippen molar-refractivity contribution in [2.45, 2.75) is 32.8 Å². The fraction of sp³-hybridized carbons (Fsp3) is 0.800. The summed E-state index contributed by atoms with van der Waals surface area (Å²) in [5.41, 5.74) is 4.40. The molecule has 0 aliphatic rings. The number of carbonyl (C=O) groups excluding carboxylic acids is 2. The Balaban J connectivity index is 4.83. The number of rotatable bonds is 5. The van der Waals surface area contributed by atoms with Crippen molar-refractivity contribution in [3.8, 4) is 0 Å². The molecule has 0 aromatic heterocycles. The van der Waals surface area contributed by atoms with Crippen molar-refractivity contribution >= 4 is 11.8 Å². The summed E-state index contributed by atoms with van der Waals surface area (Å²) >= 11 is 0. The Hall–Kier alpha value is -0.940. The molecule has 88 valence electrons. The Morgan fingerprint density at radius 1 is 1.47 bits per heavy atom. The number of nitrogens with two attached hydrogens (primary N) is 1. The Bertz CT molecular complexity index is 237. The topological polar surface area (TPSA) is 72.6 Å². The highest BCUT2D eigenvalue weighted by Gasteiger charge is 2.36. The van der Waals surface area contributed by atoms with Gasteiger partial charge >= 0.3 is 0 Å². The van der Waals surface area contributed by atoms with E-state index in [0.29, 0.717) is 6.42 Å². The van der Waals surface area contributed by atoms with E-state index in [1.165, 1.54) is 14.0 Å². The predicted molar refractivity (Wildman–Crippen MR) is 57.2 cm³/mol. The van der Waals surface area contributed by atoms with Crippen molar-refractivity contribution in [2.75, 3.05) is 20.2 Å². The van der Waals surface area contributed by atoms with Gasteiger partial charge in [0.05, 0.1) is 0 Å². The van der Waals surface area contributed by atoms with Crippen LogP contribution in [0.2, 0.25) is 0 Å². The predicted octanol–water partition coefficient (Wildman–Crippen LogP) is 0.135. The zero-order valence-corrected chi connectivity index (χ0v) is 9.87. The van der Waals surface area contributed by atoms with Gasteiger partial charge in [0.15, 0.2) is 0 Å². The average Bonchev–Trinajstić information content (AvgIpc) is 2.23. The molecule has 1 unspecified atom stereocenters. The molecule has 15 heavy (non-hydrogen) atoms. The van der Waals surface area contributed by atoms with E-state index in [1.54, 1.807) is 6.92 Å². The van der Waals surface area contributed by atoms with Gasteiger partial charge in [-0.15, -0.1) is 0 Å². The monoisotopic (exact) mass is 216 g/mol. The highest BCUT2D eigenvalue weighted by molar-refractivity contribution is 5.98. The molecular formula is C10H20N2O3. The van der Waals surface area contributed by atoms with E-state index in [2.05, 4.69) is 0 Å². The van der Waals surface area contributed by atoms with E-state index in [-0.39, 0.29) is 24.9 Å². The van der Waals surface area contributed by atoms with Crippen LogP contribution in [0, 0.1) is 0 Å². The lowest BCUT2D eigenvalue weighted by Gasteiger charge is -2.30. The molecule has 0 aliphatic heterocycles. The van der Waals surface area contributed by atoms with Crippen molar-refractivity contribution in [3.63, 3.8) is 0 Å². The molecule has 0 bridgehead atoms. The molecule has 2 amide bonds. The molecule has 5 nitrogen and oxygen atoms in total. The summed E-state index contributed by atoms with van der Waals surface area (Å²) in [4.78, 5) is 24.4. The van der Waals surface area contributed by atoms with Crippen molar-refractivity contribution in [1.82, 2.24) is 4.90 Å². The highest BCUT2D eigenvalue weighted by Crippen LogP contribution is 2.17. The van der Waals surface area contributed by atoms with Crippen molar-refractivity contribution in [3.05, 3.63) is 0 Å². The van der Waals surface area contributed by atoms with E-state index in [0.717, 1.165) is 4.90 Å². The minimum Gasteiger partial charge on any atom is -0.369 e. The van der Waals surface area contributed by atoms with Gasteiger partial charge in [-0.05, 0) is 13.3 Å². The van der Waals surface area contributed by atoms with Gasteiger partial charge in [-0.2, -0.15) is 0 Å². The molecule has 0 aromatic rings. The van der Waals surface area contributed by atoms with Crippen LogP contribution >= 0.6 is 0 Å². The number of ether oxygens (including phenoxy) is 1. The summed E-state index contributed by atoms with van der Waals surface area (Å²) in [7, 11) is 1.46. The number of amides is 2. The number of carbonyl (C=O) groups is 2. The van der Waals surface area contributed by atoms with E-state index >= 15 is 0 Å². The number of imide groups is 1. The maximum atomic E-state index is 12.0. The molecule has 0 saturated carbocycles. The number of methoxy groups -OCH3 is 1. The Morgan fingerprint density at radius 2 is 2.00 bits per heavy atom. The zero-order chi connectivity index (χ0) is 12.1. The van der Waals surface area contributed by atoms with Gasteiger partial charge in [0.2, 0.25) is 5.91 Å². The van der Waals surface area contributed by atoms with Crippen LogP contribution in [0.25, 0.3) is 0 Å². The first-order chi connectivity index (χ1) is 6.92. The Kier molecular flexibility index (Phi) is 5.46. The number of nitrogens with zero attached hydrogens (tertiary/aromatic N) is 1. The molecule has 1 atom stereocenters. The van der Waals surface area contributed by atoms with Gasteiger partial charge in [0, 0.05) is 27.1 Å². The first-order valence-corrected chi connectivity index (χ1v) is 5.00. The van der Waals surface area contributed by atoms with Crippen molar-refractivity contribution in [1.29, 1.82) is 0 Å². The van der Waals surface area contributed by atoms with E-state index in [1.807, 2.05) is 6.92 Å². The standard InChI is InChI=1S/C10H20N2O3/c1-5-10(3,15-4)9(14)12(7-6-11)8(2)13/h5-7,11H2,1-4H3. The van der Waals surface area contributed by atoms with E-state index in [9.17, 15) is 9.59 Å². The van der Waals surface area contributed by atoms with E-state index in [4.69, 9.17) is 10.5 Å². The maximum Gasteiger partial charge on any atom is 0.261 e. The SMILES string of the molecule is CCC(C)(OC)C(=O)N(CCN)C(C)=O. The third kappa shape index (κ3) is 3.28. The van der Waals surface area contributed by atoms with Gasteiger partial charge in [-0.3, -0.25) is 14.5 Å². The summed E-state index contributed by atoms with van der Waals surface area (Å²) < 4.78 is 5.14. The summed E-state index contributed by atoms with van der Waals surface area (Å²) in [6.07, 6.45) is 0.511. The van der Waals surface area contributed by atoms with Crippen molar-refractivity contribution < 1.29 is 14.3 Å². The minimum absolute atomic E-state index is 0.229. The highest BCUT2D eigenvalue weighted by atomic mass is 16.5. The Morgan fingerprint density at radius 3 is 2.27 bits per heavy atom.